The number of amides is 1. The quantitative estimate of drug-likeness (QED) is 0.279. The highest BCUT2D eigenvalue weighted by Gasteiger charge is 2.33. The van der Waals surface area contributed by atoms with Crippen LogP contribution in [0.2, 0.25) is 0 Å². The van der Waals surface area contributed by atoms with Gasteiger partial charge in [-0.15, -0.1) is 5.10 Å². The van der Waals surface area contributed by atoms with Gasteiger partial charge in [-0.25, -0.2) is 13.9 Å². The molecule has 0 spiro atoms. The van der Waals surface area contributed by atoms with Crippen molar-refractivity contribution in [3.8, 4) is 11.1 Å². The molecule has 46 heavy (non-hydrogen) atoms. The number of aliphatic hydroxyl groups excluding tert-OH is 2. The van der Waals surface area contributed by atoms with Gasteiger partial charge in [0, 0.05) is 47.0 Å². The molecule has 1 fully saturated rings. The Morgan fingerprint density at radius 1 is 0.913 bits per heavy atom. The normalized spacial score (nSPS) is 20.3. The Hall–Kier alpha value is -4.80. The SMILES string of the molecule is O=C1O[C@@H](Cn2ccnn2)CN1c1ccc(-c2ccc(C3=NO[C@H](CO)C3)nc2)c(F)c1.OC[C@@H]1CC(c2ccc(Br)cn2)=NO1. The minimum absolute atomic E-state index is 0.0104. The molecule has 0 aliphatic carbocycles. The third-order valence-corrected chi connectivity index (χ3v) is 7.74. The van der Waals surface area contributed by atoms with Crippen molar-refractivity contribution in [1.82, 2.24) is 25.0 Å². The van der Waals surface area contributed by atoms with Gasteiger partial charge in [0.15, 0.2) is 12.2 Å². The minimum Gasteiger partial charge on any atom is -0.442 e. The Morgan fingerprint density at radius 2 is 1.61 bits per heavy atom. The van der Waals surface area contributed by atoms with Crippen LogP contribution in [-0.2, 0) is 21.0 Å². The fraction of sp³-hybridized carbons (Fsp3) is 0.300. The first-order chi connectivity index (χ1) is 22.4. The van der Waals surface area contributed by atoms with Crippen LogP contribution >= 0.6 is 15.9 Å². The molecule has 3 aliphatic heterocycles. The number of oxime groups is 2. The van der Waals surface area contributed by atoms with Crippen molar-refractivity contribution in [2.75, 3.05) is 24.7 Å². The summed E-state index contributed by atoms with van der Waals surface area (Å²) in [5, 5.41) is 33.4. The third-order valence-electron chi connectivity index (χ3n) is 7.27. The van der Waals surface area contributed by atoms with E-state index in [0.717, 1.165) is 15.9 Å². The molecule has 16 heteroatoms. The molecule has 1 amide bonds. The highest BCUT2D eigenvalue weighted by molar-refractivity contribution is 9.10. The summed E-state index contributed by atoms with van der Waals surface area (Å²) in [7, 11) is 0. The predicted octanol–water partition coefficient (Wildman–Crippen LogP) is 3.32. The van der Waals surface area contributed by atoms with Gasteiger partial charge in [-0.1, -0.05) is 21.6 Å². The maximum Gasteiger partial charge on any atom is 0.414 e. The van der Waals surface area contributed by atoms with E-state index < -0.39 is 18.0 Å². The van der Waals surface area contributed by atoms with Gasteiger partial charge in [0.25, 0.3) is 0 Å². The molecule has 0 unspecified atom stereocenters. The van der Waals surface area contributed by atoms with Gasteiger partial charge in [0.05, 0.1) is 49.6 Å². The van der Waals surface area contributed by atoms with E-state index in [2.05, 4.69) is 46.5 Å². The van der Waals surface area contributed by atoms with E-state index in [-0.39, 0.29) is 32.0 Å². The molecular formula is C30H28BrFN8O6. The van der Waals surface area contributed by atoms with E-state index >= 15 is 0 Å². The number of hydrogen-bond donors (Lipinski definition) is 2. The summed E-state index contributed by atoms with van der Waals surface area (Å²) in [5.41, 5.74) is 4.19. The van der Waals surface area contributed by atoms with E-state index in [1.54, 1.807) is 53.7 Å². The number of aliphatic hydroxyl groups is 2. The second kappa shape index (κ2) is 14.1. The Labute approximate surface area is 270 Å². The number of pyridine rings is 2. The summed E-state index contributed by atoms with van der Waals surface area (Å²) in [4.78, 5) is 32.3. The van der Waals surface area contributed by atoms with Crippen LogP contribution in [0.15, 0.2) is 82.0 Å². The second-order valence-corrected chi connectivity index (χ2v) is 11.4. The number of aromatic nitrogens is 5. The van der Waals surface area contributed by atoms with Gasteiger partial charge >= 0.3 is 6.09 Å². The highest BCUT2D eigenvalue weighted by atomic mass is 79.9. The summed E-state index contributed by atoms with van der Waals surface area (Å²) in [6.07, 6.45) is 6.07. The number of nitrogens with zero attached hydrogens (tertiary/aromatic N) is 8. The molecule has 0 radical (unpaired) electrons. The van der Waals surface area contributed by atoms with Crippen LogP contribution in [0.5, 0.6) is 0 Å². The van der Waals surface area contributed by atoms with Crippen molar-refractivity contribution in [1.29, 1.82) is 0 Å². The Kier molecular flexibility index (Phi) is 9.56. The van der Waals surface area contributed by atoms with E-state index in [1.807, 2.05) is 12.1 Å². The van der Waals surface area contributed by atoms with Crippen LogP contribution < -0.4 is 4.90 Å². The van der Waals surface area contributed by atoms with Crippen molar-refractivity contribution in [2.24, 2.45) is 10.3 Å². The van der Waals surface area contributed by atoms with E-state index in [0.29, 0.717) is 47.6 Å². The molecular weight excluding hydrogens is 667 g/mol. The van der Waals surface area contributed by atoms with Crippen LogP contribution in [0.1, 0.15) is 24.2 Å². The molecule has 3 aromatic heterocycles. The smallest absolute Gasteiger partial charge is 0.414 e. The molecule has 2 N–H and O–H groups in total. The number of halogens is 2. The van der Waals surface area contributed by atoms with Crippen LogP contribution in [0, 0.1) is 5.82 Å². The van der Waals surface area contributed by atoms with E-state index in [1.165, 1.54) is 11.0 Å². The number of carbonyl (C=O) groups is 1. The van der Waals surface area contributed by atoms with Crippen molar-refractivity contribution >= 4 is 39.1 Å². The first kappa shape index (κ1) is 31.2. The van der Waals surface area contributed by atoms with Crippen molar-refractivity contribution in [3.63, 3.8) is 0 Å². The zero-order chi connectivity index (χ0) is 32.0. The zero-order valence-electron chi connectivity index (χ0n) is 24.2. The Morgan fingerprint density at radius 3 is 2.15 bits per heavy atom. The standard InChI is InChI=1S/C21H19FN6O4.C9H9BrN2O2/c22-18-7-14(28-11-16(31-21(28)30)10-27-6-5-24-26-27)2-3-17(18)13-1-4-19(23-9-13)20-8-15(12-29)32-25-20;10-6-1-2-8(11-4-6)9-3-7(5-13)14-12-9/h1-7,9,15-16,29H,8,10-12H2;1-2,4,7,13H,3,5H2/t15-,16-;7-/m00/s1. The van der Waals surface area contributed by atoms with Crippen molar-refractivity contribution in [3.05, 3.63) is 88.9 Å². The largest absolute Gasteiger partial charge is 0.442 e. The Bertz CT molecular complexity index is 1720. The monoisotopic (exact) mass is 694 g/mol. The van der Waals surface area contributed by atoms with Gasteiger partial charge < -0.3 is 24.6 Å². The second-order valence-electron chi connectivity index (χ2n) is 10.5. The average molecular weight is 696 g/mol. The van der Waals surface area contributed by atoms with Crippen molar-refractivity contribution < 1.29 is 33.8 Å². The minimum atomic E-state index is -0.533. The number of ether oxygens (including phenoxy) is 1. The van der Waals surface area contributed by atoms with Gasteiger partial charge in [0.2, 0.25) is 0 Å². The summed E-state index contributed by atoms with van der Waals surface area (Å²) in [5.74, 6) is -0.480. The average Bonchev–Trinajstić information content (AvgIpc) is 3.90. The predicted molar refractivity (Wildman–Crippen MR) is 165 cm³/mol. The fourth-order valence-electron chi connectivity index (χ4n) is 4.90. The van der Waals surface area contributed by atoms with Crippen molar-refractivity contribution in [2.45, 2.75) is 37.7 Å². The van der Waals surface area contributed by atoms with Gasteiger partial charge in [-0.05, 0) is 52.3 Å². The van der Waals surface area contributed by atoms with E-state index in [4.69, 9.17) is 24.6 Å². The lowest BCUT2D eigenvalue weighted by molar-refractivity contribution is 0.0390. The highest BCUT2D eigenvalue weighted by Crippen LogP contribution is 2.29. The number of rotatable bonds is 8. The number of carbonyl (C=O) groups excluding carboxylic acids is 1. The molecule has 238 valence electrons. The molecule has 0 saturated carbocycles. The molecule has 1 saturated heterocycles. The lowest BCUT2D eigenvalue weighted by atomic mass is 10.0. The van der Waals surface area contributed by atoms with Gasteiger partial charge in [-0.3, -0.25) is 14.9 Å². The Balaban J connectivity index is 0.000000221. The summed E-state index contributed by atoms with van der Waals surface area (Å²) in [6.45, 7) is 0.529. The lowest BCUT2D eigenvalue weighted by Gasteiger charge is -2.14. The maximum absolute atomic E-state index is 14.9. The van der Waals surface area contributed by atoms with Crippen LogP contribution in [0.4, 0.5) is 14.9 Å². The third kappa shape index (κ3) is 7.19. The topological polar surface area (TPSA) is 170 Å². The summed E-state index contributed by atoms with van der Waals surface area (Å²) >= 11 is 3.31. The fourth-order valence-corrected chi connectivity index (χ4v) is 5.13. The van der Waals surface area contributed by atoms with Crippen LogP contribution in [-0.4, -0.2) is 90.8 Å². The first-order valence-corrected chi connectivity index (χ1v) is 15.1. The molecule has 0 bridgehead atoms. The summed E-state index contributed by atoms with van der Waals surface area (Å²) < 4.78 is 22.8. The number of cyclic esters (lactones) is 1. The number of benzene rings is 1. The molecule has 7 rings (SSSR count). The van der Waals surface area contributed by atoms with Crippen LogP contribution in [0.25, 0.3) is 11.1 Å². The molecule has 4 aromatic rings. The van der Waals surface area contributed by atoms with Gasteiger partial charge in [0.1, 0.15) is 23.3 Å². The first-order valence-electron chi connectivity index (χ1n) is 14.3. The van der Waals surface area contributed by atoms with Gasteiger partial charge in [-0.2, -0.15) is 0 Å². The lowest BCUT2D eigenvalue weighted by Crippen LogP contribution is -2.26. The molecule has 1 aromatic carbocycles. The molecule has 3 aliphatic rings. The maximum atomic E-state index is 14.9. The molecule has 3 atom stereocenters. The zero-order valence-corrected chi connectivity index (χ0v) is 25.8. The molecule has 6 heterocycles. The number of anilines is 1. The van der Waals surface area contributed by atoms with Crippen LogP contribution in [0.3, 0.4) is 0 Å². The molecule has 14 nitrogen and oxygen atoms in total. The number of hydrogen-bond acceptors (Lipinski definition) is 12. The van der Waals surface area contributed by atoms with E-state index in [9.17, 15) is 9.18 Å². The summed E-state index contributed by atoms with van der Waals surface area (Å²) in [6, 6.07) is 11.8.